The van der Waals surface area contributed by atoms with E-state index in [0.717, 1.165) is 0 Å². The molecule has 38 heavy (non-hydrogen) atoms. The Morgan fingerprint density at radius 3 is 1.32 bits per heavy atom. The number of aliphatic hydroxyl groups is 8. The summed E-state index contributed by atoms with van der Waals surface area (Å²) in [6, 6.07) is 13.5. The van der Waals surface area contributed by atoms with Crippen molar-refractivity contribution in [2.45, 2.75) is 61.0 Å². The van der Waals surface area contributed by atoms with Crippen molar-refractivity contribution in [2.24, 2.45) is 0 Å². The van der Waals surface area contributed by atoms with Crippen molar-refractivity contribution in [2.75, 3.05) is 13.2 Å². The molecule has 2 aliphatic rings. The van der Waals surface area contributed by atoms with Gasteiger partial charge in [0.2, 0.25) is 0 Å². The van der Waals surface area contributed by atoms with Crippen molar-refractivity contribution in [1.82, 2.24) is 0 Å². The van der Waals surface area contributed by atoms with Crippen LogP contribution in [0.15, 0.2) is 48.5 Å². The van der Waals surface area contributed by atoms with Crippen molar-refractivity contribution in [1.29, 1.82) is 0 Å². The van der Waals surface area contributed by atoms with Gasteiger partial charge in [-0.25, -0.2) is 0 Å². The van der Waals surface area contributed by atoms with Crippen molar-refractivity contribution in [3.05, 3.63) is 70.8 Å². The van der Waals surface area contributed by atoms with Crippen LogP contribution < -0.4 is 0 Å². The molecule has 202 valence electrons. The van der Waals surface area contributed by atoms with E-state index < -0.39 is 74.3 Å². The predicted octanol–water partition coefficient (Wildman–Crippen LogP) is -1.88. The van der Waals surface area contributed by atoms with Gasteiger partial charge >= 0.3 is 0 Å². The van der Waals surface area contributed by atoms with Crippen LogP contribution in [0.5, 0.6) is 0 Å². The van der Waals surface area contributed by atoms with Gasteiger partial charge < -0.3 is 50.3 Å². The smallest absolute Gasteiger partial charge is 0.113 e. The van der Waals surface area contributed by atoms with Gasteiger partial charge in [0.05, 0.1) is 13.2 Å². The zero-order valence-corrected chi connectivity index (χ0v) is 20.2. The molecule has 10 unspecified atom stereocenters. The first kappa shape index (κ1) is 28.2. The van der Waals surface area contributed by atoms with E-state index in [9.17, 15) is 40.9 Å². The summed E-state index contributed by atoms with van der Waals surface area (Å²) < 4.78 is 11.2. The van der Waals surface area contributed by atoms with Crippen LogP contribution >= 0.6 is 0 Å². The Morgan fingerprint density at radius 1 is 0.553 bits per heavy atom. The Balaban J connectivity index is 1.49. The van der Waals surface area contributed by atoms with Gasteiger partial charge in [-0.05, 0) is 47.2 Å². The van der Waals surface area contributed by atoms with Gasteiger partial charge in [-0.15, -0.1) is 0 Å². The maximum atomic E-state index is 10.4. The molecule has 0 bridgehead atoms. The summed E-state index contributed by atoms with van der Waals surface area (Å²) in [5.74, 6) is 11.2. The molecule has 10 nitrogen and oxygen atoms in total. The molecule has 0 saturated carbocycles. The first-order valence-corrected chi connectivity index (χ1v) is 12.1. The zero-order valence-electron chi connectivity index (χ0n) is 20.2. The van der Waals surface area contributed by atoms with Crippen LogP contribution in [-0.2, 0) is 9.47 Å². The molecule has 0 aliphatic carbocycles. The van der Waals surface area contributed by atoms with E-state index in [4.69, 9.17) is 9.47 Å². The summed E-state index contributed by atoms with van der Waals surface area (Å²) in [6.07, 6.45) is -12.6. The molecule has 0 radical (unpaired) electrons. The van der Waals surface area contributed by atoms with Crippen LogP contribution in [0, 0.1) is 23.7 Å². The van der Waals surface area contributed by atoms with Gasteiger partial charge in [-0.1, -0.05) is 36.1 Å². The number of hydrogen-bond donors (Lipinski definition) is 8. The standard InChI is InChI=1S/C28H30O10/c29-13-19-21(31)23(33)25(35)27(37-19)17-9-3-7-15(11-17)5-1-2-6-16-8-4-10-18(12-16)28-26(36)24(34)22(32)20(14-30)38-28/h3-4,7-12,19-36H,13-14H2. The quantitative estimate of drug-likeness (QED) is 0.210. The molecule has 2 aromatic rings. The summed E-state index contributed by atoms with van der Waals surface area (Å²) in [7, 11) is 0. The topological polar surface area (TPSA) is 180 Å². The Morgan fingerprint density at radius 2 is 0.947 bits per heavy atom. The number of rotatable bonds is 4. The van der Waals surface area contributed by atoms with E-state index in [1.54, 1.807) is 48.5 Å². The maximum Gasteiger partial charge on any atom is 0.113 e. The highest BCUT2D eigenvalue weighted by Crippen LogP contribution is 2.33. The molecule has 10 heteroatoms. The molecule has 2 aliphatic heterocycles. The lowest BCUT2D eigenvalue weighted by Crippen LogP contribution is -2.55. The normalized spacial score (nSPS) is 34.9. The second-order valence-corrected chi connectivity index (χ2v) is 9.25. The SMILES string of the molecule is OCC1OC(c2cccc(C#CC#Cc3cccc(C4OC(CO)C(O)C(O)C4O)c3)c2)C(O)C(O)C1O. The minimum absolute atomic E-state index is 0.508. The average molecular weight is 527 g/mol. The molecule has 2 saturated heterocycles. The molecule has 0 aromatic heterocycles. The number of benzene rings is 2. The van der Waals surface area contributed by atoms with E-state index in [-0.39, 0.29) is 0 Å². The minimum Gasteiger partial charge on any atom is -0.394 e. The van der Waals surface area contributed by atoms with Gasteiger partial charge in [-0.2, -0.15) is 0 Å². The summed E-state index contributed by atoms with van der Waals surface area (Å²) in [6.45, 7) is -1.04. The molecule has 10 atom stereocenters. The number of ether oxygens (including phenoxy) is 2. The highest BCUT2D eigenvalue weighted by Gasteiger charge is 2.45. The van der Waals surface area contributed by atoms with Crippen molar-refractivity contribution in [3.8, 4) is 23.7 Å². The molecule has 2 aromatic carbocycles. The van der Waals surface area contributed by atoms with Crippen LogP contribution in [-0.4, -0.2) is 103 Å². The van der Waals surface area contributed by atoms with Crippen molar-refractivity contribution < 1.29 is 50.3 Å². The first-order valence-electron chi connectivity index (χ1n) is 12.1. The fourth-order valence-corrected chi connectivity index (χ4v) is 4.55. The largest absolute Gasteiger partial charge is 0.394 e. The third-order valence-electron chi connectivity index (χ3n) is 6.69. The average Bonchev–Trinajstić information content (AvgIpc) is 2.93. The highest BCUT2D eigenvalue weighted by molar-refractivity contribution is 5.46. The fraction of sp³-hybridized carbons (Fsp3) is 0.429. The molecule has 4 rings (SSSR count). The highest BCUT2D eigenvalue weighted by atomic mass is 16.6. The Labute approximate surface area is 219 Å². The fourth-order valence-electron chi connectivity index (χ4n) is 4.55. The van der Waals surface area contributed by atoms with E-state index >= 15 is 0 Å². The van der Waals surface area contributed by atoms with Crippen LogP contribution in [0.2, 0.25) is 0 Å². The number of aliphatic hydroxyl groups excluding tert-OH is 8. The maximum absolute atomic E-state index is 10.4. The van der Waals surface area contributed by atoms with E-state index in [2.05, 4.69) is 23.7 Å². The zero-order chi connectivity index (χ0) is 27.4. The van der Waals surface area contributed by atoms with Gasteiger partial charge in [0.25, 0.3) is 0 Å². The van der Waals surface area contributed by atoms with E-state index in [1.807, 2.05) is 0 Å². The Kier molecular flexibility index (Phi) is 9.15. The third kappa shape index (κ3) is 5.91. The van der Waals surface area contributed by atoms with Crippen LogP contribution in [0.3, 0.4) is 0 Å². The Hall–Kier alpha value is -2.84. The third-order valence-corrected chi connectivity index (χ3v) is 6.69. The Bertz CT molecular complexity index is 1130. The first-order chi connectivity index (χ1) is 18.2. The van der Waals surface area contributed by atoms with Gasteiger partial charge in [0.1, 0.15) is 61.0 Å². The number of hydrogen-bond acceptors (Lipinski definition) is 10. The minimum atomic E-state index is -1.48. The molecule has 2 fully saturated rings. The summed E-state index contributed by atoms with van der Waals surface area (Å²) in [4.78, 5) is 0. The van der Waals surface area contributed by atoms with Crippen molar-refractivity contribution >= 4 is 0 Å². The van der Waals surface area contributed by atoms with Crippen molar-refractivity contribution in [3.63, 3.8) is 0 Å². The lowest BCUT2D eigenvalue weighted by Gasteiger charge is -2.40. The molecular formula is C28H30O10. The second-order valence-electron chi connectivity index (χ2n) is 9.25. The molecular weight excluding hydrogens is 496 g/mol. The van der Waals surface area contributed by atoms with Gasteiger partial charge in [0, 0.05) is 11.1 Å². The van der Waals surface area contributed by atoms with E-state index in [0.29, 0.717) is 22.3 Å². The molecule has 2 heterocycles. The summed E-state index contributed by atoms with van der Waals surface area (Å²) in [5.41, 5.74) is 2.13. The summed E-state index contributed by atoms with van der Waals surface area (Å²) >= 11 is 0. The van der Waals surface area contributed by atoms with Gasteiger partial charge in [-0.3, -0.25) is 0 Å². The lowest BCUT2D eigenvalue weighted by atomic mass is 9.90. The summed E-state index contributed by atoms with van der Waals surface area (Å²) in [5, 5.41) is 79.6. The van der Waals surface area contributed by atoms with Crippen LogP contribution in [0.1, 0.15) is 34.5 Å². The van der Waals surface area contributed by atoms with Crippen LogP contribution in [0.25, 0.3) is 0 Å². The molecule has 0 amide bonds. The lowest BCUT2D eigenvalue weighted by molar-refractivity contribution is -0.231. The van der Waals surface area contributed by atoms with Crippen LogP contribution in [0.4, 0.5) is 0 Å². The van der Waals surface area contributed by atoms with E-state index in [1.165, 1.54) is 0 Å². The molecule has 0 spiro atoms. The monoisotopic (exact) mass is 526 g/mol. The second kappa shape index (κ2) is 12.3. The predicted molar refractivity (Wildman–Crippen MR) is 132 cm³/mol. The molecule has 8 N–H and O–H groups in total. The van der Waals surface area contributed by atoms with Gasteiger partial charge in [0.15, 0.2) is 0 Å².